The number of carbonyl (C=O) groups is 1. The van der Waals surface area contributed by atoms with Gasteiger partial charge in [-0.25, -0.2) is 0 Å². The van der Waals surface area contributed by atoms with Crippen LogP contribution in [0.1, 0.15) is 31.1 Å². The number of anilines is 1. The van der Waals surface area contributed by atoms with E-state index in [-0.39, 0.29) is 11.9 Å². The van der Waals surface area contributed by atoms with Crippen LogP contribution in [-0.2, 0) is 4.74 Å². The van der Waals surface area contributed by atoms with E-state index in [0.29, 0.717) is 6.61 Å². The van der Waals surface area contributed by atoms with Gasteiger partial charge in [-0.2, -0.15) is 0 Å². The minimum absolute atomic E-state index is 0.0994. The molecule has 0 saturated carbocycles. The summed E-state index contributed by atoms with van der Waals surface area (Å²) < 4.78 is 5.50. The summed E-state index contributed by atoms with van der Waals surface area (Å²) in [4.78, 5) is 13.3. The third-order valence-corrected chi connectivity index (χ3v) is 2.59. The number of hydrogen-bond acceptors (Lipinski definition) is 3. The molecule has 17 heavy (non-hydrogen) atoms. The number of Topliss-reactive ketones (excluding diaryl/α,β-unsaturated/α-hetero) is 1. The number of hydrogen-bond donors (Lipinski definition) is 0. The number of nitrogens with zero attached hydrogens (tertiary/aromatic N) is 1. The lowest BCUT2D eigenvalue weighted by Gasteiger charge is -2.20. The van der Waals surface area contributed by atoms with Crippen LogP contribution < -0.4 is 4.90 Å². The van der Waals surface area contributed by atoms with E-state index >= 15 is 0 Å². The molecule has 0 aliphatic heterocycles. The summed E-state index contributed by atoms with van der Waals surface area (Å²) in [6.07, 6.45) is 0.267. The maximum Gasteiger partial charge on any atom is 0.159 e. The van der Waals surface area contributed by atoms with Crippen LogP contribution >= 0.6 is 0 Å². The van der Waals surface area contributed by atoms with Crippen molar-refractivity contribution < 1.29 is 9.53 Å². The van der Waals surface area contributed by atoms with Gasteiger partial charge < -0.3 is 9.64 Å². The zero-order chi connectivity index (χ0) is 12.8. The van der Waals surface area contributed by atoms with Gasteiger partial charge in [0, 0.05) is 24.8 Å². The first-order valence-electron chi connectivity index (χ1n) is 5.94. The van der Waals surface area contributed by atoms with Crippen LogP contribution in [0.3, 0.4) is 0 Å². The third kappa shape index (κ3) is 4.57. The van der Waals surface area contributed by atoms with E-state index in [1.165, 1.54) is 0 Å². The first-order chi connectivity index (χ1) is 8.00. The molecule has 0 fully saturated rings. The molecule has 0 amide bonds. The molecule has 0 aliphatic rings. The molecule has 0 aliphatic carbocycles. The predicted molar refractivity (Wildman–Crippen MR) is 70.8 cm³/mol. The Morgan fingerprint density at radius 3 is 2.35 bits per heavy atom. The largest absolute Gasteiger partial charge is 0.377 e. The highest BCUT2D eigenvalue weighted by Gasteiger charge is 2.03. The molecule has 0 bridgehead atoms. The monoisotopic (exact) mass is 235 g/mol. The summed E-state index contributed by atoms with van der Waals surface area (Å²) in [5.74, 6) is 0.0994. The van der Waals surface area contributed by atoms with Gasteiger partial charge in [0.15, 0.2) is 5.78 Å². The van der Waals surface area contributed by atoms with E-state index in [1.807, 2.05) is 45.2 Å². The van der Waals surface area contributed by atoms with E-state index in [0.717, 1.165) is 17.8 Å². The lowest BCUT2D eigenvalue weighted by molar-refractivity contribution is 0.0846. The summed E-state index contributed by atoms with van der Waals surface area (Å²) in [5.41, 5.74) is 1.85. The van der Waals surface area contributed by atoms with Crippen LogP contribution in [0.4, 0.5) is 5.69 Å². The van der Waals surface area contributed by atoms with Gasteiger partial charge in [0.1, 0.15) is 0 Å². The van der Waals surface area contributed by atoms with Crippen molar-refractivity contribution in [2.24, 2.45) is 0 Å². The second-order valence-corrected chi connectivity index (χ2v) is 4.44. The Morgan fingerprint density at radius 1 is 1.29 bits per heavy atom. The van der Waals surface area contributed by atoms with E-state index < -0.39 is 0 Å². The molecule has 3 heteroatoms. The fraction of sp³-hybridized carbons (Fsp3) is 0.500. The normalized spacial score (nSPS) is 10.6. The second-order valence-electron chi connectivity index (χ2n) is 4.44. The van der Waals surface area contributed by atoms with Gasteiger partial charge in [0.2, 0.25) is 0 Å². The third-order valence-electron chi connectivity index (χ3n) is 2.59. The second kappa shape index (κ2) is 6.40. The summed E-state index contributed by atoms with van der Waals surface area (Å²) in [6, 6.07) is 7.65. The summed E-state index contributed by atoms with van der Waals surface area (Å²) in [6.45, 7) is 7.19. The predicted octanol–water partition coefficient (Wildman–Crippen LogP) is 2.75. The van der Waals surface area contributed by atoms with Crippen molar-refractivity contribution in [3.05, 3.63) is 29.8 Å². The standard InChI is InChI=1S/C14H21NO2/c1-11(2)17-10-9-15(4)14-7-5-13(6-8-14)12(3)16/h5-8,11H,9-10H2,1-4H3. The highest BCUT2D eigenvalue weighted by Crippen LogP contribution is 2.13. The zero-order valence-corrected chi connectivity index (χ0v) is 11.1. The van der Waals surface area contributed by atoms with Gasteiger partial charge in [-0.3, -0.25) is 4.79 Å². The minimum Gasteiger partial charge on any atom is -0.377 e. The minimum atomic E-state index is 0.0994. The average Bonchev–Trinajstić information content (AvgIpc) is 2.28. The van der Waals surface area contributed by atoms with Crippen LogP contribution in [0, 0.1) is 0 Å². The Bertz CT molecular complexity index is 357. The van der Waals surface area contributed by atoms with Gasteiger partial charge in [-0.1, -0.05) is 0 Å². The molecular formula is C14H21NO2. The Labute approximate surface area is 103 Å². The lowest BCUT2D eigenvalue weighted by Crippen LogP contribution is -2.23. The maximum atomic E-state index is 11.1. The van der Waals surface area contributed by atoms with Crippen LogP contribution in [0.5, 0.6) is 0 Å². The number of benzene rings is 1. The fourth-order valence-corrected chi connectivity index (χ4v) is 1.51. The van der Waals surface area contributed by atoms with Crippen molar-refractivity contribution in [3.63, 3.8) is 0 Å². The maximum absolute atomic E-state index is 11.1. The van der Waals surface area contributed by atoms with Crippen molar-refractivity contribution in [1.29, 1.82) is 0 Å². The lowest BCUT2D eigenvalue weighted by atomic mass is 10.1. The van der Waals surface area contributed by atoms with E-state index in [9.17, 15) is 4.79 Å². The van der Waals surface area contributed by atoms with Crippen LogP contribution in [0.25, 0.3) is 0 Å². The van der Waals surface area contributed by atoms with Crippen molar-refractivity contribution in [2.75, 3.05) is 25.1 Å². The Balaban J connectivity index is 2.51. The molecule has 0 aromatic heterocycles. The van der Waals surface area contributed by atoms with Gasteiger partial charge in [0.25, 0.3) is 0 Å². The van der Waals surface area contributed by atoms with Crippen LogP contribution in [-0.4, -0.2) is 32.1 Å². The van der Waals surface area contributed by atoms with Crippen molar-refractivity contribution in [1.82, 2.24) is 0 Å². The Kier molecular flexibility index (Phi) is 5.16. The van der Waals surface area contributed by atoms with Gasteiger partial charge in [-0.15, -0.1) is 0 Å². The molecule has 0 N–H and O–H groups in total. The molecule has 0 spiro atoms. The molecule has 94 valence electrons. The fourth-order valence-electron chi connectivity index (χ4n) is 1.51. The van der Waals surface area contributed by atoms with Crippen LogP contribution in [0.15, 0.2) is 24.3 Å². The van der Waals surface area contributed by atoms with Crippen molar-refractivity contribution >= 4 is 11.5 Å². The van der Waals surface area contributed by atoms with E-state index in [2.05, 4.69) is 4.90 Å². The van der Waals surface area contributed by atoms with Gasteiger partial charge >= 0.3 is 0 Å². The average molecular weight is 235 g/mol. The number of carbonyl (C=O) groups excluding carboxylic acids is 1. The van der Waals surface area contributed by atoms with E-state index in [4.69, 9.17) is 4.74 Å². The molecule has 0 atom stereocenters. The number of ether oxygens (including phenoxy) is 1. The summed E-state index contributed by atoms with van der Waals surface area (Å²) >= 11 is 0. The smallest absolute Gasteiger partial charge is 0.159 e. The first kappa shape index (κ1) is 13.7. The summed E-state index contributed by atoms with van der Waals surface area (Å²) in [7, 11) is 2.02. The molecule has 0 radical (unpaired) electrons. The molecule has 1 aromatic rings. The quantitative estimate of drug-likeness (QED) is 0.710. The van der Waals surface area contributed by atoms with Gasteiger partial charge in [-0.05, 0) is 45.0 Å². The molecule has 0 saturated heterocycles. The molecule has 1 aromatic carbocycles. The van der Waals surface area contributed by atoms with Crippen LogP contribution in [0.2, 0.25) is 0 Å². The highest BCUT2D eigenvalue weighted by atomic mass is 16.5. The first-order valence-corrected chi connectivity index (χ1v) is 5.94. The highest BCUT2D eigenvalue weighted by molar-refractivity contribution is 5.94. The zero-order valence-electron chi connectivity index (χ0n) is 11.1. The Hall–Kier alpha value is -1.35. The topological polar surface area (TPSA) is 29.5 Å². The number of ketones is 1. The number of likely N-dealkylation sites (N-methyl/N-ethyl adjacent to an activating group) is 1. The SMILES string of the molecule is CC(=O)c1ccc(N(C)CCOC(C)C)cc1. The molecule has 0 heterocycles. The van der Waals surface area contributed by atoms with Gasteiger partial charge in [0.05, 0.1) is 12.7 Å². The van der Waals surface area contributed by atoms with Crippen molar-refractivity contribution in [3.8, 4) is 0 Å². The Morgan fingerprint density at radius 2 is 1.88 bits per heavy atom. The van der Waals surface area contributed by atoms with Crippen molar-refractivity contribution in [2.45, 2.75) is 26.9 Å². The molecule has 3 nitrogen and oxygen atoms in total. The summed E-state index contributed by atoms with van der Waals surface area (Å²) in [5, 5.41) is 0. The molecule has 1 rings (SSSR count). The molecule has 0 unspecified atom stereocenters. The van der Waals surface area contributed by atoms with E-state index in [1.54, 1.807) is 6.92 Å². The molecular weight excluding hydrogens is 214 g/mol. The number of rotatable bonds is 6.